The van der Waals surface area contributed by atoms with Crippen LogP contribution in [0.2, 0.25) is 5.02 Å². The molecule has 0 aliphatic carbocycles. The fraction of sp³-hybridized carbons (Fsp3) is 0. The highest BCUT2D eigenvalue weighted by molar-refractivity contribution is 6.30. The Morgan fingerprint density at radius 2 is 1.91 bits per heavy atom. The summed E-state index contributed by atoms with van der Waals surface area (Å²) in [5.41, 5.74) is 2.88. The fourth-order valence-electron chi connectivity index (χ4n) is 1.96. The van der Waals surface area contributed by atoms with Crippen LogP contribution in [-0.4, -0.2) is 15.9 Å². The first-order valence-corrected chi connectivity index (χ1v) is 7.05. The normalized spacial score (nSPS) is 11.0. The first-order chi connectivity index (χ1) is 10.7. The van der Waals surface area contributed by atoms with Crippen molar-refractivity contribution < 1.29 is 4.79 Å². The molecule has 0 fully saturated rings. The zero-order valence-electron chi connectivity index (χ0n) is 11.5. The number of para-hydroxylation sites is 2. The Morgan fingerprint density at radius 3 is 2.73 bits per heavy atom. The van der Waals surface area contributed by atoms with Crippen molar-refractivity contribution in [2.75, 3.05) is 5.32 Å². The third-order valence-corrected chi connectivity index (χ3v) is 3.20. The smallest absolute Gasteiger partial charge is 0.248 e. The van der Waals surface area contributed by atoms with Crippen molar-refractivity contribution in [1.29, 1.82) is 0 Å². The lowest BCUT2D eigenvalue weighted by atomic mass is 10.3. The maximum absolute atomic E-state index is 11.9. The lowest BCUT2D eigenvalue weighted by molar-refractivity contribution is -0.111. The summed E-state index contributed by atoms with van der Waals surface area (Å²) in [4.78, 5) is 20.6. The van der Waals surface area contributed by atoms with Gasteiger partial charge >= 0.3 is 0 Å². The summed E-state index contributed by atoms with van der Waals surface area (Å²) < 4.78 is 0. The van der Waals surface area contributed by atoms with E-state index in [1.165, 1.54) is 6.08 Å². The van der Waals surface area contributed by atoms with Crippen molar-refractivity contribution in [3.05, 3.63) is 71.5 Å². The van der Waals surface area contributed by atoms with E-state index in [1.807, 2.05) is 24.3 Å². The van der Waals surface area contributed by atoms with E-state index < -0.39 is 0 Å². The number of nitrogens with zero attached hydrogens (tertiary/aromatic N) is 2. The number of halogens is 1. The molecule has 0 unspecified atom stereocenters. The number of carbonyl (C=O) groups is 1. The van der Waals surface area contributed by atoms with Crippen molar-refractivity contribution in [1.82, 2.24) is 9.97 Å². The van der Waals surface area contributed by atoms with E-state index in [4.69, 9.17) is 11.6 Å². The summed E-state index contributed by atoms with van der Waals surface area (Å²) >= 11 is 5.87. The summed E-state index contributed by atoms with van der Waals surface area (Å²) in [6.07, 6.45) is 4.67. The quantitative estimate of drug-likeness (QED) is 0.746. The summed E-state index contributed by atoms with van der Waals surface area (Å²) in [5.74, 6) is -0.253. The molecule has 0 saturated carbocycles. The monoisotopic (exact) mass is 309 g/mol. The number of anilines is 1. The molecule has 0 bridgehead atoms. The Morgan fingerprint density at radius 1 is 1.09 bits per heavy atom. The van der Waals surface area contributed by atoms with E-state index in [9.17, 15) is 4.79 Å². The summed E-state index contributed by atoms with van der Waals surface area (Å²) in [7, 11) is 0. The second-order valence-electron chi connectivity index (χ2n) is 4.62. The maximum Gasteiger partial charge on any atom is 0.248 e. The minimum Gasteiger partial charge on any atom is -0.322 e. The van der Waals surface area contributed by atoms with Gasteiger partial charge in [0.05, 0.1) is 22.9 Å². The van der Waals surface area contributed by atoms with Gasteiger partial charge in [-0.25, -0.2) is 4.98 Å². The van der Waals surface area contributed by atoms with Crippen LogP contribution in [0.4, 0.5) is 5.69 Å². The molecule has 1 N–H and O–H groups in total. The van der Waals surface area contributed by atoms with Crippen LogP contribution >= 0.6 is 11.6 Å². The van der Waals surface area contributed by atoms with Gasteiger partial charge in [0.2, 0.25) is 5.91 Å². The third kappa shape index (κ3) is 3.48. The van der Waals surface area contributed by atoms with Crippen molar-refractivity contribution >= 4 is 40.3 Å². The molecular weight excluding hydrogens is 298 g/mol. The molecule has 3 aromatic rings. The predicted octanol–water partition coefficient (Wildman–Crippen LogP) is 3.94. The molecule has 3 rings (SSSR count). The minimum absolute atomic E-state index is 0.253. The van der Waals surface area contributed by atoms with Gasteiger partial charge in [-0.1, -0.05) is 29.8 Å². The fourth-order valence-corrected chi connectivity index (χ4v) is 2.15. The molecule has 0 radical (unpaired) electrons. The van der Waals surface area contributed by atoms with E-state index in [0.29, 0.717) is 16.4 Å². The average Bonchev–Trinajstić information content (AvgIpc) is 2.53. The minimum atomic E-state index is -0.253. The molecule has 0 spiro atoms. The number of amides is 1. The zero-order chi connectivity index (χ0) is 15.4. The molecule has 0 aliphatic rings. The predicted molar refractivity (Wildman–Crippen MR) is 88.7 cm³/mol. The summed E-state index contributed by atoms with van der Waals surface area (Å²) in [6.45, 7) is 0. The Balaban J connectivity index is 1.73. The molecule has 0 atom stereocenters. The van der Waals surface area contributed by atoms with Crippen LogP contribution in [0.15, 0.2) is 60.8 Å². The van der Waals surface area contributed by atoms with Gasteiger partial charge in [0.25, 0.3) is 0 Å². The molecule has 108 valence electrons. The number of benzene rings is 2. The van der Waals surface area contributed by atoms with Gasteiger partial charge in [0.1, 0.15) is 0 Å². The SMILES string of the molecule is O=C(/C=C/c1cnc2ccccc2n1)Nc1cccc(Cl)c1. The Bertz CT molecular complexity index is 861. The van der Waals surface area contributed by atoms with Crippen LogP contribution in [0.3, 0.4) is 0 Å². The zero-order valence-corrected chi connectivity index (χ0v) is 12.3. The van der Waals surface area contributed by atoms with Crippen molar-refractivity contribution in [2.45, 2.75) is 0 Å². The van der Waals surface area contributed by atoms with Gasteiger partial charge < -0.3 is 5.32 Å². The molecule has 1 aromatic heterocycles. The second-order valence-corrected chi connectivity index (χ2v) is 5.05. The van der Waals surface area contributed by atoms with Crippen molar-refractivity contribution in [3.8, 4) is 0 Å². The molecule has 0 aliphatic heterocycles. The van der Waals surface area contributed by atoms with Gasteiger partial charge in [-0.05, 0) is 36.4 Å². The highest BCUT2D eigenvalue weighted by Crippen LogP contribution is 2.15. The summed E-state index contributed by atoms with van der Waals surface area (Å²) in [5, 5.41) is 3.30. The van der Waals surface area contributed by atoms with Gasteiger partial charge in [-0.15, -0.1) is 0 Å². The van der Waals surface area contributed by atoms with Crippen LogP contribution in [0, 0.1) is 0 Å². The lowest BCUT2D eigenvalue weighted by Gasteiger charge is -2.02. The molecular formula is C17H12ClN3O. The lowest BCUT2D eigenvalue weighted by Crippen LogP contribution is -2.07. The van der Waals surface area contributed by atoms with E-state index in [-0.39, 0.29) is 5.91 Å². The molecule has 0 saturated heterocycles. The van der Waals surface area contributed by atoms with Crippen LogP contribution in [0.25, 0.3) is 17.1 Å². The van der Waals surface area contributed by atoms with E-state index in [2.05, 4.69) is 15.3 Å². The molecule has 22 heavy (non-hydrogen) atoms. The van der Waals surface area contributed by atoms with E-state index >= 15 is 0 Å². The van der Waals surface area contributed by atoms with Gasteiger partial charge in [-0.3, -0.25) is 9.78 Å². The number of hydrogen-bond donors (Lipinski definition) is 1. The van der Waals surface area contributed by atoms with Crippen molar-refractivity contribution in [3.63, 3.8) is 0 Å². The van der Waals surface area contributed by atoms with E-state index in [1.54, 1.807) is 36.5 Å². The standard InChI is InChI=1S/C17H12ClN3O/c18-12-4-3-5-13(10-12)21-17(22)9-8-14-11-19-15-6-1-2-7-16(15)20-14/h1-11H,(H,21,22)/b9-8+. The summed E-state index contributed by atoms with van der Waals surface area (Å²) in [6, 6.07) is 14.6. The topological polar surface area (TPSA) is 54.9 Å². The number of hydrogen-bond acceptors (Lipinski definition) is 3. The van der Waals surface area contributed by atoms with Crippen LogP contribution in [0.1, 0.15) is 5.69 Å². The second kappa shape index (κ2) is 6.37. The first-order valence-electron chi connectivity index (χ1n) is 6.67. The number of fused-ring (bicyclic) bond motifs is 1. The number of nitrogens with one attached hydrogen (secondary N) is 1. The highest BCUT2D eigenvalue weighted by atomic mass is 35.5. The number of carbonyl (C=O) groups excluding carboxylic acids is 1. The molecule has 1 heterocycles. The Kier molecular flexibility index (Phi) is 4.12. The maximum atomic E-state index is 11.9. The molecule has 5 heteroatoms. The number of aromatic nitrogens is 2. The van der Waals surface area contributed by atoms with Gasteiger partial charge in [0, 0.05) is 16.8 Å². The van der Waals surface area contributed by atoms with Crippen LogP contribution in [-0.2, 0) is 4.79 Å². The third-order valence-electron chi connectivity index (χ3n) is 2.96. The number of rotatable bonds is 3. The Labute approximate surface area is 132 Å². The van der Waals surface area contributed by atoms with Gasteiger partial charge in [-0.2, -0.15) is 0 Å². The first kappa shape index (κ1) is 14.2. The van der Waals surface area contributed by atoms with E-state index in [0.717, 1.165) is 11.0 Å². The average molecular weight is 310 g/mol. The van der Waals surface area contributed by atoms with Crippen molar-refractivity contribution in [2.24, 2.45) is 0 Å². The van der Waals surface area contributed by atoms with Crippen LogP contribution < -0.4 is 5.32 Å². The highest BCUT2D eigenvalue weighted by Gasteiger charge is 2.00. The Hall–Kier alpha value is -2.72. The molecule has 2 aromatic carbocycles. The molecule has 1 amide bonds. The van der Waals surface area contributed by atoms with Gasteiger partial charge in [0.15, 0.2) is 0 Å². The largest absolute Gasteiger partial charge is 0.322 e. The molecule has 4 nitrogen and oxygen atoms in total. The van der Waals surface area contributed by atoms with Crippen LogP contribution in [0.5, 0.6) is 0 Å².